The first kappa shape index (κ1) is 29.2. The maximum Gasteiger partial charge on any atom is 0.137 e. The number of hydrogen-bond donors (Lipinski definition) is 0. The summed E-state index contributed by atoms with van der Waals surface area (Å²) in [4.78, 5) is 4.97. The van der Waals surface area contributed by atoms with Crippen molar-refractivity contribution in [3.63, 3.8) is 0 Å². The van der Waals surface area contributed by atoms with Crippen LogP contribution in [0.4, 0.5) is 0 Å². The highest BCUT2D eigenvalue weighted by molar-refractivity contribution is 6.21. The Morgan fingerprint density at radius 3 is 1.41 bits per heavy atom. The van der Waals surface area contributed by atoms with Crippen molar-refractivity contribution in [1.82, 2.24) is 9.38 Å². The second-order valence-corrected chi connectivity index (χ2v) is 13.2. The molecule has 238 valence electrons. The zero-order chi connectivity index (χ0) is 33.7. The third-order valence-corrected chi connectivity index (χ3v) is 10.2. The van der Waals surface area contributed by atoms with Gasteiger partial charge in [0.25, 0.3) is 0 Å². The quantitative estimate of drug-likeness (QED) is 0.170. The minimum absolute atomic E-state index is 0.937. The lowest BCUT2D eigenvalue weighted by molar-refractivity contribution is 1.19. The van der Waals surface area contributed by atoms with E-state index in [1.54, 1.807) is 0 Å². The summed E-state index contributed by atoms with van der Waals surface area (Å²) in [6.45, 7) is 0. The summed E-state index contributed by atoms with van der Waals surface area (Å²) in [7, 11) is 0. The molecule has 0 aliphatic carbocycles. The standard InChI is InChI=1S/C49H32N2/c1-2-10-33(11-3-1)41-28-29-47-50-46(32-51(47)31-41)36-21-25-38(26-22-36)49-44-16-8-6-14-42(44)48(43-15-7-9-17-45(43)49)37-23-18-35(19-24-37)40-27-20-34-12-4-5-13-39(34)30-40/h1-32H. The molecule has 0 amide bonds. The van der Waals surface area contributed by atoms with Crippen LogP contribution in [0.25, 0.3) is 93.7 Å². The van der Waals surface area contributed by atoms with E-state index < -0.39 is 0 Å². The van der Waals surface area contributed by atoms with Crippen molar-refractivity contribution in [2.75, 3.05) is 0 Å². The monoisotopic (exact) mass is 648 g/mol. The highest BCUT2D eigenvalue weighted by atomic mass is 15.0. The van der Waals surface area contributed by atoms with Crippen LogP contribution in [0, 0.1) is 0 Å². The molecule has 0 N–H and O–H groups in total. The number of aromatic nitrogens is 2. The molecule has 51 heavy (non-hydrogen) atoms. The smallest absolute Gasteiger partial charge is 0.137 e. The summed E-state index contributed by atoms with van der Waals surface area (Å²) in [6.07, 6.45) is 4.29. The van der Waals surface area contributed by atoms with Crippen LogP contribution in [-0.2, 0) is 0 Å². The van der Waals surface area contributed by atoms with E-state index in [0.717, 1.165) is 16.9 Å². The highest BCUT2D eigenvalue weighted by Gasteiger charge is 2.17. The Morgan fingerprint density at radius 1 is 0.314 bits per heavy atom. The molecule has 10 rings (SSSR count). The van der Waals surface area contributed by atoms with Gasteiger partial charge in [0.1, 0.15) is 5.65 Å². The number of imidazole rings is 1. The van der Waals surface area contributed by atoms with Gasteiger partial charge in [0, 0.05) is 18.0 Å². The van der Waals surface area contributed by atoms with Crippen molar-refractivity contribution < 1.29 is 0 Å². The minimum atomic E-state index is 0.937. The zero-order valence-electron chi connectivity index (χ0n) is 27.9. The molecule has 0 spiro atoms. The first-order valence-electron chi connectivity index (χ1n) is 17.4. The molecule has 0 bridgehead atoms. The van der Waals surface area contributed by atoms with Crippen LogP contribution in [-0.4, -0.2) is 9.38 Å². The molecule has 0 saturated carbocycles. The molecule has 0 atom stereocenters. The van der Waals surface area contributed by atoms with Crippen molar-refractivity contribution in [2.24, 2.45) is 0 Å². The first-order chi connectivity index (χ1) is 25.3. The topological polar surface area (TPSA) is 17.3 Å². The van der Waals surface area contributed by atoms with Gasteiger partial charge in [-0.05, 0) is 95.0 Å². The molecule has 8 aromatic carbocycles. The number of pyridine rings is 1. The van der Waals surface area contributed by atoms with E-state index in [-0.39, 0.29) is 0 Å². The van der Waals surface area contributed by atoms with Crippen molar-refractivity contribution in [1.29, 1.82) is 0 Å². The van der Waals surface area contributed by atoms with E-state index >= 15 is 0 Å². The van der Waals surface area contributed by atoms with E-state index in [9.17, 15) is 0 Å². The maximum atomic E-state index is 4.97. The van der Waals surface area contributed by atoms with Crippen molar-refractivity contribution in [3.8, 4) is 55.8 Å². The van der Waals surface area contributed by atoms with Crippen molar-refractivity contribution in [3.05, 3.63) is 194 Å². The predicted octanol–water partition coefficient (Wildman–Crippen LogP) is 13.1. The fourth-order valence-corrected chi connectivity index (χ4v) is 7.69. The summed E-state index contributed by atoms with van der Waals surface area (Å²) in [5.74, 6) is 0. The lowest BCUT2D eigenvalue weighted by Crippen LogP contribution is -1.91. The zero-order valence-corrected chi connectivity index (χ0v) is 27.9. The Balaban J connectivity index is 1.05. The van der Waals surface area contributed by atoms with Crippen LogP contribution in [0.5, 0.6) is 0 Å². The van der Waals surface area contributed by atoms with Gasteiger partial charge in [-0.2, -0.15) is 0 Å². The fourth-order valence-electron chi connectivity index (χ4n) is 7.69. The Morgan fingerprint density at radius 2 is 0.784 bits per heavy atom. The summed E-state index contributed by atoms with van der Waals surface area (Å²) in [5, 5.41) is 7.53. The number of hydrogen-bond acceptors (Lipinski definition) is 1. The number of rotatable bonds is 5. The van der Waals surface area contributed by atoms with Gasteiger partial charge in [-0.1, -0.05) is 164 Å². The molecule has 0 aliphatic heterocycles. The van der Waals surface area contributed by atoms with Crippen molar-refractivity contribution >= 4 is 38.0 Å². The normalized spacial score (nSPS) is 11.5. The van der Waals surface area contributed by atoms with Gasteiger partial charge in [-0.25, -0.2) is 4.98 Å². The third-order valence-electron chi connectivity index (χ3n) is 10.2. The maximum absolute atomic E-state index is 4.97. The Hall–Kier alpha value is -6.77. The molecule has 2 nitrogen and oxygen atoms in total. The second-order valence-electron chi connectivity index (χ2n) is 13.2. The fraction of sp³-hybridized carbons (Fsp3) is 0. The van der Waals surface area contributed by atoms with Crippen LogP contribution >= 0.6 is 0 Å². The van der Waals surface area contributed by atoms with Gasteiger partial charge in [-0.3, -0.25) is 0 Å². The summed E-state index contributed by atoms with van der Waals surface area (Å²) in [5.41, 5.74) is 12.8. The molecule has 0 aliphatic rings. The average Bonchev–Trinajstić information content (AvgIpc) is 3.64. The summed E-state index contributed by atoms with van der Waals surface area (Å²) in [6, 6.07) is 65.7. The Bertz CT molecular complexity index is 2820. The van der Waals surface area contributed by atoms with E-state index in [0.29, 0.717) is 0 Å². The lowest BCUT2D eigenvalue weighted by atomic mass is 9.85. The van der Waals surface area contributed by atoms with Gasteiger partial charge >= 0.3 is 0 Å². The molecule has 10 aromatic rings. The van der Waals surface area contributed by atoms with Gasteiger partial charge < -0.3 is 4.40 Å². The van der Waals surface area contributed by atoms with Gasteiger partial charge in [0.2, 0.25) is 0 Å². The second kappa shape index (κ2) is 12.0. The van der Waals surface area contributed by atoms with Crippen LogP contribution in [0.1, 0.15) is 0 Å². The lowest BCUT2D eigenvalue weighted by Gasteiger charge is -2.18. The summed E-state index contributed by atoms with van der Waals surface area (Å²) >= 11 is 0. The minimum Gasteiger partial charge on any atom is -0.306 e. The number of benzene rings is 8. The van der Waals surface area contributed by atoms with Crippen LogP contribution in [0.15, 0.2) is 194 Å². The molecule has 2 heterocycles. The largest absolute Gasteiger partial charge is 0.306 e. The van der Waals surface area contributed by atoms with Gasteiger partial charge in [0.05, 0.1) is 5.69 Å². The molecule has 2 heteroatoms. The molecule has 0 saturated heterocycles. The van der Waals surface area contributed by atoms with Crippen LogP contribution < -0.4 is 0 Å². The van der Waals surface area contributed by atoms with Crippen LogP contribution in [0.3, 0.4) is 0 Å². The molecular formula is C49H32N2. The van der Waals surface area contributed by atoms with E-state index in [1.165, 1.54) is 76.8 Å². The molecule has 0 fully saturated rings. The summed E-state index contributed by atoms with van der Waals surface area (Å²) < 4.78 is 2.12. The molecule has 0 unspecified atom stereocenters. The highest BCUT2D eigenvalue weighted by Crippen LogP contribution is 2.44. The number of nitrogens with zero attached hydrogens (tertiary/aromatic N) is 2. The Labute approximate surface area is 296 Å². The van der Waals surface area contributed by atoms with E-state index in [2.05, 4.69) is 193 Å². The molecule has 0 radical (unpaired) electrons. The number of fused-ring (bicyclic) bond motifs is 4. The van der Waals surface area contributed by atoms with Crippen LogP contribution in [0.2, 0.25) is 0 Å². The first-order valence-corrected chi connectivity index (χ1v) is 17.4. The predicted molar refractivity (Wildman–Crippen MR) is 215 cm³/mol. The average molecular weight is 649 g/mol. The molecule has 2 aromatic heterocycles. The van der Waals surface area contributed by atoms with E-state index in [1.807, 2.05) is 6.07 Å². The van der Waals surface area contributed by atoms with Crippen molar-refractivity contribution in [2.45, 2.75) is 0 Å². The SMILES string of the molecule is c1ccc(-c2ccc3nc(-c4ccc(-c5c6ccccc6c(-c6ccc(-c7ccc8ccccc8c7)cc6)c6ccccc56)cc4)cn3c2)cc1. The van der Waals surface area contributed by atoms with Gasteiger partial charge in [-0.15, -0.1) is 0 Å². The Kier molecular flexibility index (Phi) is 6.85. The van der Waals surface area contributed by atoms with E-state index in [4.69, 9.17) is 4.98 Å². The van der Waals surface area contributed by atoms with Gasteiger partial charge in [0.15, 0.2) is 0 Å². The molecular weight excluding hydrogens is 617 g/mol. The third kappa shape index (κ3) is 5.08.